The van der Waals surface area contributed by atoms with Gasteiger partial charge in [0.05, 0.1) is 20.0 Å². The summed E-state index contributed by atoms with van der Waals surface area (Å²) in [6.45, 7) is 8.34. The summed E-state index contributed by atoms with van der Waals surface area (Å²) in [7, 11) is 1.19. The van der Waals surface area contributed by atoms with Gasteiger partial charge in [-0.3, -0.25) is 9.64 Å². The van der Waals surface area contributed by atoms with Crippen molar-refractivity contribution in [2.24, 2.45) is 0 Å². The zero-order valence-electron chi connectivity index (χ0n) is 8.62. The zero-order chi connectivity index (χ0) is 11.9. The summed E-state index contributed by atoms with van der Waals surface area (Å²) in [5, 5.41) is 0. The molecule has 15 heavy (non-hydrogen) atoms. The van der Waals surface area contributed by atoms with Crippen LogP contribution in [0.15, 0.2) is 11.6 Å². The van der Waals surface area contributed by atoms with Gasteiger partial charge in [-0.15, -0.1) is 0 Å². The molecule has 0 unspecified atom stereocenters. The van der Waals surface area contributed by atoms with Gasteiger partial charge in [0.1, 0.15) is 5.78 Å². The lowest BCUT2D eigenvalue weighted by Crippen LogP contribution is -2.37. The van der Waals surface area contributed by atoms with Gasteiger partial charge in [-0.2, -0.15) is 0 Å². The van der Waals surface area contributed by atoms with Crippen LogP contribution >= 0.6 is 11.6 Å². The SMILES string of the molecule is [C-]#[N+][C@](C/C=C/Cl)(CC(C)=O)C(=O)OC. The molecule has 4 nitrogen and oxygen atoms in total. The van der Waals surface area contributed by atoms with Crippen molar-refractivity contribution in [3.8, 4) is 0 Å². The van der Waals surface area contributed by atoms with Gasteiger partial charge in [0, 0.05) is 5.54 Å². The molecule has 1 atom stereocenters. The molecule has 0 aliphatic heterocycles. The molecule has 0 aromatic heterocycles. The number of rotatable bonds is 5. The van der Waals surface area contributed by atoms with Crippen molar-refractivity contribution in [1.82, 2.24) is 0 Å². The van der Waals surface area contributed by atoms with Crippen molar-refractivity contribution >= 4 is 23.4 Å². The molecule has 0 bridgehead atoms. The monoisotopic (exact) mass is 229 g/mol. The van der Waals surface area contributed by atoms with Gasteiger partial charge in [0.2, 0.25) is 0 Å². The molecule has 0 rings (SSSR count). The lowest BCUT2D eigenvalue weighted by molar-refractivity contribution is -0.146. The predicted molar refractivity (Wildman–Crippen MR) is 56.3 cm³/mol. The third-order valence-corrected chi connectivity index (χ3v) is 2.04. The Kier molecular flexibility index (Phi) is 5.65. The molecule has 0 N–H and O–H groups in total. The molecule has 82 valence electrons. The minimum atomic E-state index is -1.47. The fraction of sp³-hybridized carbons (Fsp3) is 0.500. The van der Waals surface area contributed by atoms with Gasteiger partial charge in [-0.1, -0.05) is 17.7 Å². The summed E-state index contributed by atoms with van der Waals surface area (Å²) in [5.41, 5.74) is -0.255. The molecule has 0 heterocycles. The number of ketones is 1. The summed E-state index contributed by atoms with van der Waals surface area (Å²) < 4.78 is 4.52. The number of Topliss-reactive ketones (excluding diaryl/α,β-unsaturated/α-hetero) is 1. The van der Waals surface area contributed by atoms with Crippen molar-refractivity contribution in [1.29, 1.82) is 0 Å². The van der Waals surface area contributed by atoms with Crippen LogP contribution < -0.4 is 0 Å². The standard InChI is InChI=1S/C10H12ClNO3/c1-8(13)7-10(12-2,5-4-6-11)9(14)15-3/h4,6H,5,7H2,1,3H3/b6-4+/t10-/m1/s1. The van der Waals surface area contributed by atoms with Crippen molar-refractivity contribution in [3.05, 3.63) is 23.0 Å². The molecule has 0 aromatic rings. The molecule has 0 saturated heterocycles. The first kappa shape index (κ1) is 13.7. The Morgan fingerprint density at radius 3 is 2.53 bits per heavy atom. The summed E-state index contributed by atoms with van der Waals surface area (Å²) in [6, 6.07) is 0. The highest BCUT2D eigenvalue weighted by Crippen LogP contribution is 2.24. The average Bonchev–Trinajstić information content (AvgIpc) is 2.22. The van der Waals surface area contributed by atoms with E-state index in [4.69, 9.17) is 18.2 Å². The van der Waals surface area contributed by atoms with Crippen LogP contribution in [-0.2, 0) is 14.3 Å². The van der Waals surface area contributed by atoms with Crippen LogP contribution in [0.3, 0.4) is 0 Å². The number of halogens is 1. The first-order chi connectivity index (χ1) is 7.02. The van der Waals surface area contributed by atoms with E-state index in [-0.39, 0.29) is 18.6 Å². The van der Waals surface area contributed by atoms with Gasteiger partial charge < -0.3 is 4.74 Å². The maximum atomic E-state index is 11.4. The third kappa shape index (κ3) is 3.72. The van der Waals surface area contributed by atoms with Crippen LogP contribution in [0.5, 0.6) is 0 Å². The highest BCUT2D eigenvalue weighted by molar-refractivity contribution is 6.25. The van der Waals surface area contributed by atoms with E-state index in [2.05, 4.69) is 9.58 Å². The summed E-state index contributed by atoms with van der Waals surface area (Å²) in [5.74, 6) is -0.943. The molecule has 0 aliphatic rings. The first-order valence-electron chi connectivity index (χ1n) is 4.24. The molecule has 0 spiro atoms. The van der Waals surface area contributed by atoms with Crippen LogP contribution in [0.2, 0.25) is 0 Å². The maximum Gasteiger partial charge on any atom is 0.393 e. The van der Waals surface area contributed by atoms with Gasteiger partial charge in [0.15, 0.2) is 0 Å². The number of ether oxygens (including phenoxy) is 1. The molecule has 0 amide bonds. The molecule has 0 radical (unpaired) electrons. The highest BCUT2D eigenvalue weighted by atomic mass is 35.5. The molecule has 0 aromatic carbocycles. The van der Waals surface area contributed by atoms with E-state index in [1.54, 1.807) is 0 Å². The van der Waals surface area contributed by atoms with Gasteiger partial charge >= 0.3 is 11.5 Å². The van der Waals surface area contributed by atoms with Crippen molar-refractivity contribution in [3.63, 3.8) is 0 Å². The quantitative estimate of drug-likeness (QED) is 0.535. The zero-order valence-corrected chi connectivity index (χ0v) is 9.37. The second-order valence-electron chi connectivity index (χ2n) is 3.08. The van der Waals surface area contributed by atoms with E-state index in [0.29, 0.717) is 0 Å². The smallest absolute Gasteiger partial charge is 0.393 e. The Bertz CT molecular complexity index is 319. The van der Waals surface area contributed by atoms with E-state index >= 15 is 0 Å². The molecule has 5 heteroatoms. The number of hydrogen-bond donors (Lipinski definition) is 0. The van der Waals surface area contributed by atoms with Crippen molar-refractivity contribution in [2.75, 3.05) is 7.11 Å². The van der Waals surface area contributed by atoms with Gasteiger partial charge in [0.25, 0.3) is 0 Å². The second-order valence-corrected chi connectivity index (χ2v) is 3.33. The Balaban J connectivity index is 5.02. The summed E-state index contributed by atoms with van der Waals surface area (Å²) in [6.07, 6.45) is 1.37. The number of hydrogen-bond acceptors (Lipinski definition) is 3. The molecule has 0 fully saturated rings. The lowest BCUT2D eigenvalue weighted by atomic mass is 9.90. The second kappa shape index (κ2) is 6.20. The number of carbonyl (C=O) groups is 2. The van der Waals surface area contributed by atoms with Crippen LogP contribution in [0.4, 0.5) is 0 Å². The molecule has 0 saturated carbocycles. The lowest BCUT2D eigenvalue weighted by Gasteiger charge is -2.15. The minimum Gasteiger partial charge on any atom is -0.463 e. The van der Waals surface area contributed by atoms with E-state index in [1.807, 2.05) is 0 Å². The van der Waals surface area contributed by atoms with Crippen molar-refractivity contribution in [2.45, 2.75) is 25.3 Å². The number of esters is 1. The number of carbonyl (C=O) groups excluding carboxylic acids is 2. The normalized spacial score (nSPS) is 14.3. The number of nitrogens with zero attached hydrogens (tertiary/aromatic N) is 1. The minimum absolute atomic E-state index is 0.0756. The summed E-state index contributed by atoms with van der Waals surface area (Å²) in [4.78, 5) is 25.6. The fourth-order valence-corrected chi connectivity index (χ4v) is 1.29. The Hall–Kier alpha value is -1.34. The molecule has 0 aliphatic carbocycles. The van der Waals surface area contributed by atoms with Crippen LogP contribution in [0, 0.1) is 6.57 Å². The highest BCUT2D eigenvalue weighted by Gasteiger charge is 2.47. The third-order valence-electron chi connectivity index (χ3n) is 1.87. The van der Waals surface area contributed by atoms with E-state index in [0.717, 1.165) is 0 Å². The Labute approximate surface area is 93.7 Å². The predicted octanol–water partition coefficient (Wildman–Crippen LogP) is 1.94. The van der Waals surface area contributed by atoms with Crippen molar-refractivity contribution < 1.29 is 14.3 Å². The Morgan fingerprint density at radius 2 is 2.20 bits per heavy atom. The van der Waals surface area contributed by atoms with Gasteiger partial charge in [-0.05, 0) is 6.92 Å². The first-order valence-corrected chi connectivity index (χ1v) is 4.67. The largest absolute Gasteiger partial charge is 0.463 e. The molecular formula is C10H12ClNO3. The van der Waals surface area contributed by atoms with Crippen LogP contribution in [0.25, 0.3) is 4.85 Å². The molecular weight excluding hydrogens is 218 g/mol. The topological polar surface area (TPSA) is 47.7 Å². The summed E-state index contributed by atoms with van der Waals surface area (Å²) >= 11 is 5.33. The van der Waals surface area contributed by atoms with E-state index in [1.165, 1.54) is 25.6 Å². The fourth-order valence-electron chi connectivity index (χ4n) is 1.20. The number of methoxy groups -OCH3 is 1. The van der Waals surface area contributed by atoms with E-state index < -0.39 is 11.5 Å². The maximum absolute atomic E-state index is 11.4. The van der Waals surface area contributed by atoms with Crippen LogP contribution in [0.1, 0.15) is 19.8 Å². The van der Waals surface area contributed by atoms with Crippen LogP contribution in [-0.4, -0.2) is 24.4 Å². The van der Waals surface area contributed by atoms with E-state index in [9.17, 15) is 9.59 Å². The average molecular weight is 230 g/mol. The Morgan fingerprint density at radius 1 is 1.60 bits per heavy atom. The van der Waals surface area contributed by atoms with Gasteiger partial charge in [-0.25, -0.2) is 11.4 Å².